The first-order chi connectivity index (χ1) is 17.0. The Morgan fingerprint density at radius 3 is 2.53 bits per heavy atom. The summed E-state index contributed by atoms with van der Waals surface area (Å²) in [5.41, 5.74) is 0.430. The van der Waals surface area contributed by atoms with Crippen LogP contribution in [0.4, 0.5) is 13.2 Å². The van der Waals surface area contributed by atoms with Gasteiger partial charge >= 0.3 is 11.9 Å². The molecule has 0 saturated heterocycles. The number of Topliss-reactive ketones (excluding diaryl/α,β-unsaturated/α-hetero) is 1. The van der Waals surface area contributed by atoms with Crippen molar-refractivity contribution >= 4 is 17.4 Å². The Morgan fingerprint density at radius 2 is 1.86 bits per heavy atom. The van der Waals surface area contributed by atoms with Crippen LogP contribution in [0.3, 0.4) is 0 Å². The number of alkyl halides is 3. The molecule has 4 rings (SSSR count). The predicted molar refractivity (Wildman–Crippen MR) is 122 cm³/mol. The van der Waals surface area contributed by atoms with Gasteiger partial charge in [-0.05, 0) is 43.3 Å². The molecule has 1 atom stereocenters. The first kappa shape index (κ1) is 25.3. The van der Waals surface area contributed by atoms with E-state index >= 15 is 0 Å². The van der Waals surface area contributed by atoms with Gasteiger partial charge in [0.05, 0.1) is 24.3 Å². The number of nitrogens with zero attached hydrogens (tertiary/aromatic N) is 7. The fourth-order valence-corrected chi connectivity index (χ4v) is 3.55. The number of aliphatic hydroxyl groups excluding tert-OH is 1. The lowest BCUT2D eigenvalue weighted by atomic mass is 10.2. The van der Waals surface area contributed by atoms with Crippen molar-refractivity contribution in [3.8, 4) is 17.1 Å². The van der Waals surface area contributed by atoms with Crippen molar-refractivity contribution in [2.75, 3.05) is 0 Å². The van der Waals surface area contributed by atoms with E-state index in [0.29, 0.717) is 22.0 Å². The van der Waals surface area contributed by atoms with E-state index in [2.05, 4.69) is 20.2 Å². The summed E-state index contributed by atoms with van der Waals surface area (Å²) in [4.78, 5) is 32.9. The molecule has 0 saturated carbocycles. The first-order valence-electron chi connectivity index (χ1n) is 10.6. The van der Waals surface area contributed by atoms with Gasteiger partial charge in [-0.1, -0.05) is 11.6 Å². The number of aliphatic hydroxyl groups is 1. The molecule has 0 unspecified atom stereocenters. The zero-order valence-corrected chi connectivity index (χ0v) is 19.5. The minimum atomic E-state index is -4.93. The number of hydrogen-bond acceptors (Lipinski definition) is 7. The highest BCUT2D eigenvalue weighted by Gasteiger charge is 2.39. The number of benzene rings is 1. The van der Waals surface area contributed by atoms with Crippen LogP contribution in [0.2, 0.25) is 5.02 Å². The summed E-state index contributed by atoms with van der Waals surface area (Å²) in [6, 6.07) is 9.35. The van der Waals surface area contributed by atoms with Crippen molar-refractivity contribution in [1.82, 2.24) is 34.1 Å². The summed E-state index contributed by atoms with van der Waals surface area (Å²) in [5, 5.41) is 18.5. The molecule has 3 heterocycles. The summed E-state index contributed by atoms with van der Waals surface area (Å²) >= 11 is 5.89. The maximum absolute atomic E-state index is 13.0. The van der Waals surface area contributed by atoms with Crippen LogP contribution >= 0.6 is 11.6 Å². The van der Waals surface area contributed by atoms with Gasteiger partial charge in [-0.25, -0.2) is 19.1 Å². The molecule has 0 aliphatic heterocycles. The van der Waals surface area contributed by atoms with Gasteiger partial charge in [-0.15, -0.1) is 10.2 Å². The first-order valence-corrected chi connectivity index (χ1v) is 10.9. The van der Waals surface area contributed by atoms with Crippen molar-refractivity contribution in [1.29, 1.82) is 0 Å². The summed E-state index contributed by atoms with van der Waals surface area (Å²) < 4.78 is 42.1. The number of halogens is 4. The molecule has 0 bridgehead atoms. The van der Waals surface area contributed by atoms with Gasteiger partial charge in [-0.2, -0.15) is 13.2 Å². The van der Waals surface area contributed by atoms with Gasteiger partial charge in [-0.3, -0.25) is 14.3 Å². The monoisotopic (exact) mass is 521 g/mol. The molecule has 0 aliphatic carbocycles. The SMILES string of the molecule is CC(=O)Cc1ncccc1-n1cnc(Cn2nc(-c3ccc(Cl)cc3)n(C[C@H](O)C(F)(F)F)c2=O)n1. The van der Waals surface area contributed by atoms with Crippen LogP contribution in [0.25, 0.3) is 17.1 Å². The normalized spacial score (nSPS) is 12.6. The van der Waals surface area contributed by atoms with E-state index in [1.165, 1.54) is 42.2 Å². The molecule has 0 radical (unpaired) electrons. The van der Waals surface area contributed by atoms with E-state index in [0.717, 1.165) is 9.25 Å². The average molecular weight is 522 g/mol. The number of hydrogen-bond donors (Lipinski definition) is 1. The zero-order valence-electron chi connectivity index (χ0n) is 18.7. The molecule has 4 aromatic rings. The van der Waals surface area contributed by atoms with E-state index in [1.807, 2.05) is 0 Å². The molecule has 188 valence electrons. The molecule has 0 fully saturated rings. The van der Waals surface area contributed by atoms with Crippen LogP contribution in [0.15, 0.2) is 53.7 Å². The minimum Gasteiger partial charge on any atom is -0.382 e. The third kappa shape index (κ3) is 5.52. The predicted octanol–water partition coefficient (Wildman–Crippen LogP) is 2.44. The average Bonchev–Trinajstić information content (AvgIpc) is 3.39. The second kappa shape index (κ2) is 10.0. The summed E-state index contributed by atoms with van der Waals surface area (Å²) in [6.07, 6.45) is -4.71. The highest BCUT2D eigenvalue weighted by atomic mass is 35.5. The topological polar surface area (TPSA) is 121 Å². The minimum absolute atomic E-state index is 0.0845. The second-order valence-electron chi connectivity index (χ2n) is 7.89. The molecule has 3 aromatic heterocycles. The van der Waals surface area contributed by atoms with Crippen molar-refractivity contribution in [2.24, 2.45) is 0 Å². The van der Waals surface area contributed by atoms with E-state index < -0.39 is 24.5 Å². The summed E-state index contributed by atoms with van der Waals surface area (Å²) in [5.74, 6) is -0.0445. The highest BCUT2D eigenvalue weighted by Crippen LogP contribution is 2.24. The van der Waals surface area contributed by atoms with Gasteiger partial charge in [0.2, 0.25) is 0 Å². The van der Waals surface area contributed by atoms with E-state index in [9.17, 15) is 27.9 Å². The molecule has 36 heavy (non-hydrogen) atoms. The fourth-order valence-electron chi connectivity index (χ4n) is 3.43. The van der Waals surface area contributed by atoms with Gasteiger partial charge in [0.25, 0.3) is 0 Å². The largest absolute Gasteiger partial charge is 0.416 e. The standard InChI is InChI=1S/C22H19ClF3N7O3/c1-13(34)9-16-17(3-2-8-27-16)33-12-28-19(29-33)11-32-21(36)31(10-18(35)22(24,25)26)20(30-32)14-4-6-15(23)7-5-14/h2-8,12,18,35H,9-11H2,1H3/t18-/m0/s1. The summed E-state index contributed by atoms with van der Waals surface area (Å²) in [7, 11) is 0. The maximum atomic E-state index is 13.0. The molecule has 10 nitrogen and oxygen atoms in total. The highest BCUT2D eigenvalue weighted by molar-refractivity contribution is 6.30. The number of ketones is 1. The lowest BCUT2D eigenvalue weighted by Gasteiger charge is -2.15. The molecule has 14 heteroatoms. The Labute approximate surface area is 206 Å². The Bertz CT molecular complexity index is 1440. The van der Waals surface area contributed by atoms with Crippen LogP contribution < -0.4 is 5.69 Å². The fraction of sp³-hybridized carbons (Fsp3) is 0.273. The van der Waals surface area contributed by atoms with Crippen LogP contribution in [-0.4, -0.2) is 57.3 Å². The quantitative estimate of drug-likeness (QED) is 0.378. The van der Waals surface area contributed by atoms with Crippen molar-refractivity contribution in [3.05, 3.63) is 75.9 Å². The smallest absolute Gasteiger partial charge is 0.382 e. The lowest BCUT2D eigenvalue weighted by Crippen LogP contribution is -2.37. The van der Waals surface area contributed by atoms with Gasteiger partial charge in [0.15, 0.2) is 17.8 Å². The molecule has 0 amide bonds. The number of aromatic nitrogens is 7. The Morgan fingerprint density at radius 1 is 1.14 bits per heavy atom. The van der Waals surface area contributed by atoms with Crippen LogP contribution in [0.5, 0.6) is 0 Å². The maximum Gasteiger partial charge on any atom is 0.416 e. The van der Waals surface area contributed by atoms with Gasteiger partial charge in [0.1, 0.15) is 18.7 Å². The van der Waals surface area contributed by atoms with E-state index in [1.54, 1.807) is 18.3 Å². The molecule has 1 aromatic carbocycles. The number of carbonyl (C=O) groups excluding carboxylic acids is 1. The van der Waals surface area contributed by atoms with E-state index in [4.69, 9.17) is 11.6 Å². The molecular formula is C22H19ClF3N7O3. The van der Waals surface area contributed by atoms with Crippen LogP contribution in [-0.2, 0) is 24.3 Å². The summed E-state index contributed by atoms with van der Waals surface area (Å²) in [6.45, 7) is 0.123. The zero-order chi connectivity index (χ0) is 26.0. The number of carbonyl (C=O) groups is 1. The van der Waals surface area contributed by atoms with Crippen molar-refractivity contribution in [2.45, 2.75) is 38.7 Å². The molecule has 0 spiro atoms. The van der Waals surface area contributed by atoms with Crippen molar-refractivity contribution < 1.29 is 23.1 Å². The molecular weight excluding hydrogens is 503 g/mol. The molecule has 1 N–H and O–H groups in total. The van der Waals surface area contributed by atoms with Crippen LogP contribution in [0.1, 0.15) is 18.4 Å². The third-order valence-corrected chi connectivity index (χ3v) is 5.37. The van der Waals surface area contributed by atoms with Crippen molar-refractivity contribution in [3.63, 3.8) is 0 Å². The van der Waals surface area contributed by atoms with Gasteiger partial charge < -0.3 is 5.11 Å². The Balaban J connectivity index is 1.69. The molecule has 0 aliphatic rings. The van der Waals surface area contributed by atoms with Crippen LogP contribution in [0, 0.1) is 0 Å². The van der Waals surface area contributed by atoms with Gasteiger partial charge in [0, 0.05) is 16.8 Å². The second-order valence-corrected chi connectivity index (χ2v) is 8.33. The number of rotatable bonds is 8. The number of pyridine rings is 1. The lowest BCUT2D eigenvalue weighted by molar-refractivity contribution is -0.207. The Kier molecular flexibility index (Phi) is 7.04. The van der Waals surface area contributed by atoms with E-state index in [-0.39, 0.29) is 30.4 Å². The third-order valence-electron chi connectivity index (χ3n) is 5.12. The Hall–Kier alpha value is -3.84.